The van der Waals surface area contributed by atoms with E-state index in [2.05, 4.69) is 59.4 Å². The van der Waals surface area contributed by atoms with E-state index >= 15 is 0 Å². The highest BCUT2D eigenvalue weighted by molar-refractivity contribution is 6.31. The fraction of sp³-hybridized carbons (Fsp3) is 0.148. The predicted molar refractivity (Wildman–Crippen MR) is 130 cm³/mol. The summed E-state index contributed by atoms with van der Waals surface area (Å²) < 4.78 is 2.19. The number of fused-ring (bicyclic) bond motifs is 3. The first-order valence-corrected chi connectivity index (χ1v) is 11.0. The summed E-state index contributed by atoms with van der Waals surface area (Å²) in [5, 5.41) is 3.70. The van der Waals surface area contributed by atoms with E-state index in [1.54, 1.807) is 6.07 Å². The molecule has 1 N–H and O–H groups in total. The van der Waals surface area contributed by atoms with Gasteiger partial charge in [-0.25, -0.2) is 4.79 Å². The molecule has 0 spiro atoms. The van der Waals surface area contributed by atoms with Crippen LogP contribution >= 0.6 is 11.6 Å². The average molecular weight is 442 g/mol. The Balaban J connectivity index is 1.63. The first-order valence-electron chi connectivity index (χ1n) is 10.7. The minimum atomic E-state index is -0.238. The van der Waals surface area contributed by atoms with Gasteiger partial charge in [0.2, 0.25) is 0 Å². The molecule has 2 heterocycles. The molecule has 0 saturated heterocycles. The van der Waals surface area contributed by atoms with Gasteiger partial charge in [-0.05, 0) is 60.9 Å². The number of anilines is 1. The Morgan fingerprint density at radius 2 is 1.81 bits per heavy atom. The summed E-state index contributed by atoms with van der Waals surface area (Å²) in [6, 6.07) is 25.9. The molecule has 2 amide bonds. The Labute approximate surface area is 193 Å². The van der Waals surface area contributed by atoms with Gasteiger partial charge in [-0.15, -0.1) is 0 Å². The first-order chi connectivity index (χ1) is 15.5. The number of hydrogen-bond donors (Lipinski definition) is 1. The summed E-state index contributed by atoms with van der Waals surface area (Å²) in [7, 11) is 0. The van der Waals surface area contributed by atoms with Crippen molar-refractivity contribution in [3.05, 3.63) is 118 Å². The number of hydrogen-bond acceptors (Lipinski definition) is 1. The van der Waals surface area contributed by atoms with Gasteiger partial charge >= 0.3 is 6.03 Å². The number of amides is 2. The second-order valence-corrected chi connectivity index (χ2v) is 8.68. The van der Waals surface area contributed by atoms with E-state index in [1.807, 2.05) is 48.2 Å². The van der Waals surface area contributed by atoms with Gasteiger partial charge in [-0.2, -0.15) is 0 Å². The molecule has 0 unspecified atom stereocenters. The van der Waals surface area contributed by atoms with Crippen LogP contribution in [0, 0.1) is 13.8 Å². The smallest absolute Gasteiger partial charge is 0.318 e. The number of halogens is 1. The number of aromatic nitrogens is 1. The molecule has 0 aliphatic carbocycles. The van der Waals surface area contributed by atoms with Gasteiger partial charge in [-0.1, -0.05) is 65.7 Å². The lowest BCUT2D eigenvalue weighted by atomic mass is 10.00. The molecule has 0 bridgehead atoms. The Morgan fingerprint density at radius 3 is 2.62 bits per heavy atom. The third kappa shape index (κ3) is 3.67. The molecule has 1 aromatic heterocycles. The van der Waals surface area contributed by atoms with Gasteiger partial charge in [0.1, 0.15) is 0 Å². The van der Waals surface area contributed by atoms with Gasteiger partial charge in [0.05, 0.1) is 18.3 Å². The molecule has 3 aromatic carbocycles. The van der Waals surface area contributed by atoms with Gasteiger partial charge in [-0.3, -0.25) is 0 Å². The average Bonchev–Trinajstić information content (AvgIpc) is 3.20. The van der Waals surface area contributed by atoms with Gasteiger partial charge in [0.15, 0.2) is 0 Å². The van der Waals surface area contributed by atoms with Crippen LogP contribution in [-0.2, 0) is 6.54 Å². The SMILES string of the molecule is Cc1cccc([C@H]2c3cccn3-c3ccccc3CN2C(=O)Nc2ccc(C)c(Cl)c2)c1. The molecule has 5 heteroatoms. The van der Waals surface area contributed by atoms with Crippen LogP contribution < -0.4 is 5.32 Å². The highest BCUT2D eigenvalue weighted by Crippen LogP contribution is 2.37. The van der Waals surface area contributed by atoms with Crippen molar-refractivity contribution in [1.29, 1.82) is 0 Å². The third-order valence-electron chi connectivity index (χ3n) is 6.01. The van der Waals surface area contributed by atoms with Crippen molar-refractivity contribution in [3.63, 3.8) is 0 Å². The van der Waals surface area contributed by atoms with Crippen LogP contribution in [0.5, 0.6) is 0 Å². The van der Waals surface area contributed by atoms with Crippen molar-refractivity contribution in [1.82, 2.24) is 9.47 Å². The zero-order valence-electron chi connectivity index (χ0n) is 18.0. The van der Waals surface area contributed by atoms with Gasteiger partial charge in [0, 0.05) is 22.6 Å². The molecule has 1 aliphatic heterocycles. The van der Waals surface area contributed by atoms with E-state index in [0.717, 1.165) is 33.6 Å². The molecule has 1 aliphatic rings. The van der Waals surface area contributed by atoms with E-state index in [4.69, 9.17) is 11.6 Å². The zero-order valence-corrected chi connectivity index (χ0v) is 18.8. The minimum absolute atomic E-state index is 0.166. The van der Waals surface area contributed by atoms with Gasteiger partial charge < -0.3 is 14.8 Å². The first kappa shape index (κ1) is 20.4. The molecule has 4 nitrogen and oxygen atoms in total. The van der Waals surface area contributed by atoms with Gasteiger partial charge in [0.25, 0.3) is 0 Å². The highest BCUT2D eigenvalue weighted by Gasteiger charge is 2.33. The lowest BCUT2D eigenvalue weighted by molar-refractivity contribution is 0.194. The Morgan fingerprint density at radius 1 is 0.969 bits per heavy atom. The molecule has 1 atom stereocenters. The van der Waals surface area contributed by atoms with E-state index in [9.17, 15) is 4.79 Å². The van der Waals surface area contributed by atoms with E-state index in [-0.39, 0.29) is 12.1 Å². The molecular formula is C27H24ClN3O. The van der Waals surface area contributed by atoms with Crippen molar-refractivity contribution < 1.29 is 4.79 Å². The molecule has 0 radical (unpaired) electrons. The minimum Gasteiger partial charge on any atom is -0.318 e. The van der Waals surface area contributed by atoms with E-state index in [1.165, 1.54) is 0 Å². The molecule has 160 valence electrons. The number of nitrogens with one attached hydrogen (secondary N) is 1. The standard InChI is InChI=1S/C27H24ClN3O/c1-18-7-5-9-20(15-18)26-25-11-6-14-30(25)24-10-4-3-8-21(24)17-31(26)27(32)29-22-13-12-19(2)23(28)16-22/h3-16,26H,17H2,1-2H3,(H,29,32)/t26-/m0/s1. The summed E-state index contributed by atoms with van der Waals surface area (Å²) >= 11 is 6.30. The lowest BCUT2D eigenvalue weighted by Crippen LogP contribution is -2.38. The third-order valence-corrected chi connectivity index (χ3v) is 6.41. The van der Waals surface area contributed by atoms with Crippen molar-refractivity contribution >= 4 is 23.3 Å². The fourth-order valence-corrected chi connectivity index (χ4v) is 4.58. The quantitative estimate of drug-likeness (QED) is 0.361. The Hall–Kier alpha value is -3.50. The Kier molecular flexibility index (Phi) is 5.24. The largest absolute Gasteiger partial charge is 0.322 e. The van der Waals surface area contributed by atoms with Crippen LogP contribution in [0.15, 0.2) is 85.1 Å². The molecule has 0 saturated carbocycles. The van der Waals surface area contributed by atoms with Crippen LogP contribution in [0.2, 0.25) is 5.02 Å². The topological polar surface area (TPSA) is 37.3 Å². The number of urea groups is 1. The lowest BCUT2D eigenvalue weighted by Gasteiger charge is -2.31. The van der Waals surface area contributed by atoms with Crippen LogP contribution in [0.4, 0.5) is 10.5 Å². The molecule has 5 rings (SSSR count). The molecule has 0 fully saturated rings. The summed E-state index contributed by atoms with van der Waals surface area (Å²) in [5.74, 6) is 0. The van der Waals surface area contributed by atoms with Crippen LogP contribution in [-0.4, -0.2) is 15.5 Å². The van der Waals surface area contributed by atoms with E-state index in [0.29, 0.717) is 17.3 Å². The highest BCUT2D eigenvalue weighted by atomic mass is 35.5. The summed E-state index contributed by atoms with van der Waals surface area (Å²) in [5.41, 5.74) is 7.14. The zero-order chi connectivity index (χ0) is 22.2. The van der Waals surface area contributed by atoms with Crippen LogP contribution in [0.25, 0.3) is 5.69 Å². The number of carbonyl (C=O) groups is 1. The fourth-order valence-electron chi connectivity index (χ4n) is 4.40. The van der Waals surface area contributed by atoms with Crippen molar-refractivity contribution in [2.75, 3.05) is 5.32 Å². The van der Waals surface area contributed by atoms with Crippen LogP contribution in [0.1, 0.15) is 34.0 Å². The number of rotatable bonds is 2. The number of para-hydroxylation sites is 1. The number of carbonyl (C=O) groups excluding carboxylic acids is 1. The summed E-state index contributed by atoms with van der Waals surface area (Å²) in [4.78, 5) is 15.6. The number of benzene rings is 3. The maximum absolute atomic E-state index is 13.7. The molecule has 4 aromatic rings. The van der Waals surface area contributed by atoms with Crippen LogP contribution in [0.3, 0.4) is 0 Å². The molecule has 32 heavy (non-hydrogen) atoms. The van der Waals surface area contributed by atoms with Crippen molar-refractivity contribution in [2.45, 2.75) is 26.4 Å². The maximum atomic E-state index is 13.7. The monoisotopic (exact) mass is 441 g/mol. The summed E-state index contributed by atoms with van der Waals surface area (Å²) in [6.45, 7) is 4.51. The predicted octanol–water partition coefficient (Wildman–Crippen LogP) is 6.88. The second-order valence-electron chi connectivity index (χ2n) is 8.27. The molecular weight excluding hydrogens is 418 g/mol. The number of nitrogens with zero attached hydrogens (tertiary/aromatic N) is 2. The van der Waals surface area contributed by atoms with E-state index < -0.39 is 0 Å². The number of aryl methyl sites for hydroxylation is 2. The second kappa shape index (κ2) is 8.21. The maximum Gasteiger partial charge on any atom is 0.322 e. The van der Waals surface area contributed by atoms with Crippen molar-refractivity contribution in [2.24, 2.45) is 0 Å². The van der Waals surface area contributed by atoms with Crippen molar-refractivity contribution in [3.8, 4) is 5.69 Å². The Bertz CT molecular complexity index is 1310. The normalized spacial score (nSPS) is 15.0. The summed E-state index contributed by atoms with van der Waals surface area (Å²) in [6.07, 6.45) is 2.07.